The van der Waals surface area contributed by atoms with Crippen molar-refractivity contribution in [1.82, 2.24) is 4.72 Å². The van der Waals surface area contributed by atoms with Crippen molar-refractivity contribution in [2.45, 2.75) is 37.5 Å². The van der Waals surface area contributed by atoms with Crippen LogP contribution in [0.4, 0.5) is 0 Å². The Bertz CT molecular complexity index is 410. The number of nitrogens with one attached hydrogen (secondary N) is 1. The van der Waals surface area contributed by atoms with Gasteiger partial charge in [0.2, 0.25) is 10.0 Å². The summed E-state index contributed by atoms with van der Waals surface area (Å²) in [4.78, 5) is 10.4. The summed E-state index contributed by atoms with van der Waals surface area (Å²) in [7, 11) is -3.86. The van der Waals surface area contributed by atoms with Gasteiger partial charge in [-0.1, -0.05) is 6.92 Å². The topological polar surface area (TPSA) is 127 Å². The van der Waals surface area contributed by atoms with Crippen molar-refractivity contribution in [1.29, 1.82) is 5.26 Å². The van der Waals surface area contributed by atoms with Crippen LogP contribution < -0.4 is 4.72 Å². The van der Waals surface area contributed by atoms with Gasteiger partial charge in [0, 0.05) is 6.54 Å². The van der Waals surface area contributed by atoms with Crippen LogP contribution in [0.25, 0.3) is 0 Å². The van der Waals surface area contributed by atoms with E-state index >= 15 is 0 Å². The third-order valence-corrected chi connectivity index (χ3v) is 3.81. The molecule has 0 rings (SSSR count). The Hall–Kier alpha value is -1.17. The van der Waals surface area contributed by atoms with Gasteiger partial charge in [-0.25, -0.2) is 13.1 Å². The van der Waals surface area contributed by atoms with Crippen LogP contribution in [-0.4, -0.2) is 42.0 Å². The fourth-order valence-corrected chi connectivity index (χ4v) is 2.42. The van der Waals surface area contributed by atoms with Gasteiger partial charge in [-0.3, -0.25) is 4.79 Å². The molecule has 0 aliphatic carbocycles. The highest BCUT2D eigenvalue weighted by atomic mass is 32.2. The average Bonchev–Trinajstić information content (AvgIpc) is 2.15. The highest BCUT2D eigenvalue weighted by Crippen LogP contribution is 2.10. The minimum atomic E-state index is -3.86. The Morgan fingerprint density at radius 1 is 1.59 bits per heavy atom. The molecule has 0 amide bonds. The van der Waals surface area contributed by atoms with Crippen LogP contribution in [0.1, 0.15) is 26.7 Å². The molecule has 0 saturated heterocycles. The van der Waals surface area contributed by atoms with Crippen molar-refractivity contribution < 1.29 is 23.4 Å². The molecule has 0 saturated carbocycles. The zero-order valence-electron chi connectivity index (χ0n) is 9.67. The SMILES string of the molecule is CCC(C#N)S(=O)(=O)NCC(C)(O)CC(=O)O. The molecule has 0 heterocycles. The van der Waals surface area contributed by atoms with Gasteiger partial charge in [-0.15, -0.1) is 0 Å². The van der Waals surface area contributed by atoms with Gasteiger partial charge in [0.15, 0.2) is 5.25 Å². The molecule has 2 atom stereocenters. The maximum absolute atomic E-state index is 11.5. The number of rotatable bonds is 7. The van der Waals surface area contributed by atoms with Gasteiger partial charge < -0.3 is 10.2 Å². The number of nitrogens with zero attached hydrogens (tertiary/aromatic N) is 1. The fourth-order valence-electron chi connectivity index (χ4n) is 1.13. The minimum Gasteiger partial charge on any atom is -0.481 e. The summed E-state index contributed by atoms with van der Waals surface area (Å²) >= 11 is 0. The Kier molecular flexibility index (Phi) is 5.54. The molecule has 17 heavy (non-hydrogen) atoms. The van der Waals surface area contributed by atoms with E-state index in [0.717, 1.165) is 0 Å². The van der Waals surface area contributed by atoms with Gasteiger partial charge >= 0.3 is 5.97 Å². The Labute approximate surface area is 100 Å². The molecule has 8 heteroatoms. The highest BCUT2D eigenvalue weighted by molar-refractivity contribution is 7.90. The molecule has 0 aromatic carbocycles. The first-order valence-corrected chi connectivity index (χ1v) is 6.51. The predicted octanol–water partition coefficient (Wildman–Crippen LogP) is -0.566. The van der Waals surface area contributed by atoms with Crippen LogP contribution in [0.3, 0.4) is 0 Å². The number of aliphatic hydroxyl groups is 1. The molecule has 2 unspecified atom stereocenters. The van der Waals surface area contributed by atoms with Gasteiger partial charge in [-0.05, 0) is 13.3 Å². The zero-order valence-corrected chi connectivity index (χ0v) is 10.5. The van der Waals surface area contributed by atoms with Gasteiger partial charge in [-0.2, -0.15) is 5.26 Å². The summed E-state index contributed by atoms with van der Waals surface area (Å²) in [5.41, 5.74) is -1.69. The Morgan fingerprint density at radius 2 is 2.12 bits per heavy atom. The summed E-state index contributed by atoms with van der Waals surface area (Å²) in [5.74, 6) is -1.23. The fraction of sp³-hybridized carbons (Fsp3) is 0.778. The standard InChI is InChI=1S/C9H16N2O5S/c1-3-7(5-10)17(15,16)11-6-9(2,14)4-8(12)13/h7,11,14H,3-4,6H2,1-2H3,(H,12,13). The number of carboxylic acids is 1. The van der Waals surface area contributed by atoms with E-state index in [4.69, 9.17) is 10.4 Å². The molecule has 0 bridgehead atoms. The quantitative estimate of drug-likeness (QED) is 0.565. The van der Waals surface area contributed by atoms with Crippen molar-refractivity contribution >= 4 is 16.0 Å². The lowest BCUT2D eigenvalue weighted by atomic mass is 10.0. The number of nitriles is 1. The van der Waals surface area contributed by atoms with E-state index in [1.807, 2.05) is 4.72 Å². The smallest absolute Gasteiger partial charge is 0.306 e. The molecule has 3 N–H and O–H groups in total. The number of hydrogen-bond donors (Lipinski definition) is 3. The maximum Gasteiger partial charge on any atom is 0.306 e. The largest absolute Gasteiger partial charge is 0.481 e. The predicted molar refractivity (Wildman–Crippen MR) is 59.5 cm³/mol. The van der Waals surface area contributed by atoms with E-state index in [1.165, 1.54) is 6.92 Å². The summed E-state index contributed by atoms with van der Waals surface area (Å²) in [6.07, 6.45) is -0.466. The summed E-state index contributed by atoms with van der Waals surface area (Å²) in [6.45, 7) is 2.30. The first-order valence-electron chi connectivity index (χ1n) is 4.97. The van der Waals surface area contributed by atoms with Crippen molar-refractivity contribution in [2.24, 2.45) is 0 Å². The molecular weight excluding hydrogens is 248 g/mol. The van der Waals surface area contributed by atoms with Crippen molar-refractivity contribution in [2.75, 3.05) is 6.54 Å². The molecule has 0 radical (unpaired) electrons. The molecule has 7 nitrogen and oxygen atoms in total. The number of carboxylic acid groups (broad SMARTS) is 1. The maximum atomic E-state index is 11.5. The molecule has 98 valence electrons. The van der Waals surface area contributed by atoms with Crippen LogP contribution in [-0.2, 0) is 14.8 Å². The van der Waals surface area contributed by atoms with E-state index in [1.54, 1.807) is 13.0 Å². The Balaban J connectivity index is 4.57. The van der Waals surface area contributed by atoms with Crippen molar-refractivity contribution in [3.63, 3.8) is 0 Å². The number of sulfonamides is 1. The number of aliphatic carboxylic acids is 1. The molecular formula is C9H16N2O5S. The third-order valence-electron chi connectivity index (χ3n) is 2.08. The van der Waals surface area contributed by atoms with Crippen LogP contribution in [0.2, 0.25) is 0 Å². The Morgan fingerprint density at radius 3 is 2.47 bits per heavy atom. The first-order chi connectivity index (χ1) is 7.64. The van der Waals surface area contributed by atoms with E-state index in [2.05, 4.69) is 0 Å². The molecule has 0 aliphatic heterocycles. The second kappa shape index (κ2) is 5.95. The van der Waals surface area contributed by atoms with Crippen LogP contribution in [0, 0.1) is 11.3 Å². The lowest BCUT2D eigenvalue weighted by Crippen LogP contribution is -2.44. The number of hydrogen-bond acceptors (Lipinski definition) is 5. The third kappa shape index (κ3) is 5.63. The van der Waals surface area contributed by atoms with Gasteiger partial charge in [0.25, 0.3) is 0 Å². The van der Waals surface area contributed by atoms with E-state index in [-0.39, 0.29) is 6.42 Å². The van der Waals surface area contributed by atoms with Crippen molar-refractivity contribution in [3.05, 3.63) is 0 Å². The lowest BCUT2D eigenvalue weighted by molar-refractivity contribution is -0.141. The second-order valence-corrected chi connectivity index (χ2v) is 5.91. The van der Waals surface area contributed by atoms with E-state index in [9.17, 15) is 18.3 Å². The van der Waals surface area contributed by atoms with Gasteiger partial charge in [0.1, 0.15) is 0 Å². The molecule has 0 spiro atoms. The summed E-state index contributed by atoms with van der Waals surface area (Å²) in [6, 6.07) is 1.62. The average molecular weight is 264 g/mol. The molecule has 0 aromatic rings. The lowest BCUT2D eigenvalue weighted by Gasteiger charge is -2.22. The zero-order chi connectivity index (χ0) is 13.7. The van der Waals surface area contributed by atoms with Crippen LogP contribution >= 0.6 is 0 Å². The van der Waals surface area contributed by atoms with Crippen LogP contribution in [0.15, 0.2) is 0 Å². The molecule has 0 aromatic heterocycles. The molecule has 0 aliphatic rings. The first kappa shape index (κ1) is 15.8. The van der Waals surface area contributed by atoms with E-state index in [0.29, 0.717) is 0 Å². The number of carbonyl (C=O) groups is 1. The second-order valence-electron chi connectivity index (χ2n) is 3.96. The van der Waals surface area contributed by atoms with E-state index < -0.39 is 39.8 Å². The monoisotopic (exact) mass is 264 g/mol. The molecule has 0 fully saturated rings. The highest BCUT2D eigenvalue weighted by Gasteiger charge is 2.29. The van der Waals surface area contributed by atoms with Gasteiger partial charge in [0.05, 0.1) is 18.1 Å². The van der Waals surface area contributed by atoms with Crippen LogP contribution in [0.5, 0.6) is 0 Å². The summed E-state index contributed by atoms with van der Waals surface area (Å²) in [5, 5.41) is 25.5. The normalized spacial score (nSPS) is 16.8. The van der Waals surface area contributed by atoms with Crippen molar-refractivity contribution in [3.8, 4) is 6.07 Å². The minimum absolute atomic E-state index is 0.118. The summed E-state index contributed by atoms with van der Waals surface area (Å²) < 4.78 is 25.1.